The van der Waals surface area contributed by atoms with Crippen molar-refractivity contribution in [1.29, 1.82) is 0 Å². The van der Waals surface area contributed by atoms with Crippen molar-refractivity contribution in [3.05, 3.63) is 94.0 Å². The average molecular weight is 607 g/mol. The largest absolute Gasteiger partial charge is 0.497 e. The lowest BCUT2D eigenvalue weighted by Gasteiger charge is -2.34. The van der Waals surface area contributed by atoms with Gasteiger partial charge in [0, 0.05) is 34.6 Å². The molecule has 0 aliphatic carbocycles. The van der Waals surface area contributed by atoms with E-state index in [0.29, 0.717) is 21.4 Å². The van der Waals surface area contributed by atoms with Crippen LogP contribution in [-0.2, 0) is 32.6 Å². The zero-order valence-corrected chi connectivity index (χ0v) is 25.1. The van der Waals surface area contributed by atoms with Gasteiger partial charge in [-0.3, -0.25) is 13.9 Å². The molecule has 3 aromatic rings. The van der Waals surface area contributed by atoms with Crippen molar-refractivity contribution in [3.8, 4) is 5.75 Å². The Morgan fingerprint density at radius 1 is 0.925 bits per heavy atom. The number of methoxy groups -OCH3 is 1. The number of halogens is 2. The Bertz CT molecular complexity index is 1400. The van der Waals surface area contributed by atoms with E-state index in [2.05, 4.69) is 5.32 Å². The summed E-state index contributed by atoms with van der Waals surface area (Å²) in [6.07, 6.45) is 1.21. The minimum Gasteiger partial charge on any atom is -0.497 e. The minimum absolute atomic E-state index is 0.111. The molecular formula is C29H33Cl2N3O5S. The van der Waals surface area contributed by atoms with E-state index in [9.17, 15) is 18.0 Å². The van der Waals surface area contributed by atoms with Gasteiger partial charge in [0.05, 0.1) is 19.1 Å². The number of hydrogen-bond donors (Lipinski definition) is 1. The van der Waals surface area contributed by atoms with Crippen molar-refractivity contribution in [2.75, 3.05) is 24.2 Å². The Balaban J connectivity index is 2.09. The number of nitrogens with one attached hydrogen (secondary N) is 1. The van der Waals surface area contributed by atoms with Crippen molar-refractivity contribution in [1.82, 2.24) is 10.2 Å². The summed E-state index contributed by atoms with van der Waals surface area (Å²) in [7, 11) is -2.39. The van der Waals surface area contributed by atoms with Crippen LogP contribution in [0.2, 0.25) is 10.0 Å². The number of nitrogens with zero attached hydrogens (tertiary/aromatic N) is 2. The molecular weight excluding hydrogens is 573 g/mol. The Hall–Kier alpha value is -3.27. The van der Waals surface area contributed by atoms with Crippen LogP contribution in [0, 0.1) is 0 Å². The van der Waals surface area contributed by atoms with Gasteiger partial charge >= 0.3 is 0 Å². The van der Waals surface area contributed by atoms with Gasteiger partial charge in [0.25, 0.3) is 0 Å². The summed E-state index contributed by atoms with van der Waals surface area (Å²) in [6.45, 7) is 2.99. The highest BCUT2D eigenvalue weighted by Crippen LogP contribution is 2.28. The third kappa shape index (κ3) is 8.36. The standard InChI is InChI=1S/C29H33Cl2N3O5S/c1-20(2)32-29(36)27(17-21-9-6-5-7-10-21)33(18-24-25(30)11-8-12-26(24)31)28(35)19-34(40(4,37)38)22-13-15-23(39-3)16-14-22/h5-16,20,27H,17-19H2,1-4H3,(H,32,36). The molecule has 2 amide bonds. The predicted octanol–water partition coefficient (Wildman–Crippen LogP) is 4.93. The van der Waals surface area contributed by atoms with Gasteiger partial charge in [-0.05, 0) is 55.8 Å². The first-order valence-corrected chi connectivity index (χ1v) is 15.2. The summed E-state index contributed by atoms with van der Waals surface area (Å²) in [5.74, 6) is -0.449. The highest BCUT2D eigenvalue weighted by molar-refractivity contribution is 7.92. The number of rotatable bonds is 12. The van der Waals surface area contributed by atoms with Crippen LogP contribution in [0.25, 0.3) is 0 Å². The Morgan fingerprint density at radius 2 is 1.52 bits per heavy atom. The first-order chi connectivity index (χ1) is 18.9. The van der Waals surface area contributed by atoms with Crippen LogP contribution in [-0.4, -0.2) is 57.1 Å². The van der Waals surface area contributed by atoms with Crippen LogP contribution < -0.4 is 14.4 Å². The fourth-order valence-corrected chi connectivity index (χ4v) is 5.52. The maximum atomic E-state index is 14.1. The summed E-state index contributed by atoms with van der Waals surface area (Å²) in [4.78, 5) is 29.0. The van der Waals surface area contributed by atoms with E-state index < -0.39 is 28.5 Å². The van der Waals surface area contributed by atoms with Gasteiger partial charge in [-0.25, -0.2) is 8.42 Å². The highest BCUT2D eigenvalue weighted by atomic mass is 35.5. The van der Waals surface area contributed by atoms with Gasteiger partial charge in [0.1, 0.15) is 18.3 Å². The molecule has 1 N–H and O–H groups in total. The molecule has 0 bridgehead atoms. The zero-order valence-electron chi connectivity index (χ0n) is 22.8. The third-order valence-corrected chi connectivity index (χ3v) is 7.98. The molecule has 3 rings (SSSR count). The zero-order chi connectivity index (χ0) is 29.4. The molecule has 214 valence electrons. The molecule has 0 fully saturated rings. The molecule has 0 saturated heterocycles. The van der Waals surface area contributed by atoms with Crippen LogP contribution >= 0.6 is 23.2 Å². The van der Waals surface area contributed by atoms with Gasteiger partial charge in [0.2, 0.25) is 21.8 Å². The van der Waals surface area contributed by atoms with Crippen LogP contribution in [0.4, 0.5) is 5.69 Å². The number of carbonyl (C=O) groups excluding carboxylic acids is 2. The van der Waals surface area contributed by atoms with Gasteiger partial charge in [-0.15, -0.1) is 0 Å². The van der Waals surface area contributed by atoms with E-state index in [4.69, 9.17) is 27.9 Å². The van der Waals surface area contributed by atoms with Crippen molar-refractivity contribution in [3.63, 3.8) is 0 Å². The second-order valence-electron chi connectivity index (χ2n) is 9.56. The molecule has 0 saturated carbocycles. The lowest BCUT2D eigenvalue weighted by molar-refractivity contribution is -0.140. The Kier molecular flexibility index (Phi) is 10.8. The van der Waals surface area contributed by atoms with Crippen molar-refractivity contribution < 1.29 is 22.7 Å². The van der Waals surface area contributed by atoms with E-state index in [0.717, 1.165) is 16.1 Å². The predicted molar refractivity (Wildman–Crippen MR) is 159 cm³/mol. The summed E-state index contributed by atoms with van der Waals surface area (Å²) < 4.78 is 31.9. The molecule has 1 atom stereocenters. The smallest absolute Gasteiger partial charge is 0.244 e. The number of carbonyl (C=O) groups is 2. The van der Waals surface area contributed by atoms with E-state index in [1.54, 1.807) is 42.5 Å². The summed E-state index contributed by atoms with van der Waals surface area (Å²) >= 11 is 12.9. The van der Waals surface area contributed by atoms with Crippen LogP contribution in [0.3, 0.4) is 0 Å². The third-order valence-electron chi connectivity index (χ3n) is 6.13. The molecule has 0 aromatic heterocycles. The number of ether oxygens (including phenoxy) is 1. The molecule has 3 aromatic carbocycles. The number of anilines is 1. The van der Waals surface area contributed by atoms with E-state index in [-0.39, 0.29) is 30.6 Å². The minimum atomic E-state index is -3.89. The summed E-state index contributed by atoms with van der Waals surface area (Å²) in [5, 5.41) is 3.54. The molecule has 0 radical (unpaired) electrons. The second-order valence-corrected chi connectivity index (χ2v) is 12.3. The fourth-order valence-electron chi connectivity index (χ4n) is 4.15. The van der Waals surface area contributed by atoms with Crippen LogP contribution in [0.15, 0.2) is 72.8 Å². The second kappa shape index (κ2) is 13.9. The average Bonchev–Trinajstić information content (AvgIpc) is 2.90. The van der Waals surface area contributed by atoms with E-state index in [1.807, 2.05) is 44.2 Å². The molecule has 40 heavy (non-hydrogen) atoms. The van der Waals surface area contributed by atoms with Gasteiger partial charge in [-0.2, -0.15) is 0 Å². The number of hydrogen-bond acceptors (Lipinski definition) is 5. The SMILES string of the molecule is COc1ccc(N(CC(=O)N(Cc2c(Cl)cccc2Cl)C(Cc2ccccc2)C(=O)NC(C)C)S(C)(=O)=O)cc1. The maximum absolute atomic E-state index is 14.1. The lowest BCUT2D eigenvalue weighted by Crippen LogP contribution is -2.54. The molecule has 0 heterocycles. The first-order valence-electron chi connectivity index (χ1n) is 12.6. The van der Waals surface area contributed by atoms with Crippen molar-refractivity contribution >= 4 is 50.7 Å². The number of sulfonamides is 1. The number of benzene rings is 3. The quantitative estimate of drug-likeness (QED) is 0.316. The maximum Gasteiger partial charge on any atom is 0.244 e. The van der Waals surface area contributed by atoms with Crippen molar-refractivity contribution in [2.24, 2.45) is 0 Å². The number of amides is 2. The topological polar surface area (TPSA) is 96.0 Å². The van der Waals surface area contributed by atoms with E-state index >= 15 is 0 Å². The monoisotopic (exact) mass is 605 g/mol. The molecule has 0 spiro atoms. The molecule has 1 unspecified atom stereocenters. The van der Waals surface area contributed by atoms with Gasteiger partial charge < -0.3 is 15.0 Å². The molecule has 0 aliphatic heterocycles. The molecule has 8 nitrogen and oxygen atoms in total. The van der Waals surface area contributed by atoms with Crippen molar-refractivity contribution in [2.45, 2.75) is 38.9 Å². The van der Waals surface area contributed by atoms with Gasteiger partial charge in [0.15, 0.2) is 0 Å². The fraction of sp³-hybridized carbons (Fsp3) is 0.310. The van der Waals surface area contributed by atoms with Crippen LogP contribution in [0.5, 0.6) is 5.75 Å². The summed E-state index contributed by atoms with van der Waals surface area (Å²) in [6, 6.07) is 19.4. The van der Waals surface area contributed by atoms with Gasteiger partial charge in [-0.1, -0.05) is 59.6 Å². The Labute approximate surface area is 245 Å². The summed E-state index contributed by atoms with van der Waals surface area (Å²) in [5.41, 5.74) is 1.55. The highest BCUT2D eigenvalue weighted by Gasteiger charge is 2.34. The normalized spacial score (nSPS) is 12.1. The molecule has 0 aliphatic rings. The lowest BCUT2D eigenvalue weighted by atomic mass is 10.0. The van der Waals surface area contributed by atoms with Crippen LogP contribution in [0.1, 0.15) is 25.0 Å². The Morgan fingerprint density at radius 3 is 2.05 bits per heavy atom. The molecule has 11 heteroatoms. The first kappa shape index (κ1) is 31.3. The van der Waals surface area contributed by atoms with E-state index in [1.165, 1.54) is 12.0 Å².